The van der Waals surface area contributed by atoms with Crippen LogP contribution in [0, 0.1) is 0 Å². The summed E-state index contributed by atoms with van der Waals surface area (Å²) in [6, 6.07) is 6.66. The molecule has 80 valence electrons. The Bertz CT molecular complexity index is 361. The van der Waals surface area contributed by atoms with E-state index in [2.05, 4.69) is 11.4 Å². The molecular weight excluding hydrogens is 190 g/mol. The van der Waals surface area contributed by atoms with Crippen LogP contribution in [0.2, 0.25) is 0 Å². The molecule has 1 aromatic carbocycles. The first kappa shape index (κ1) is 8.89. The number of nitrogens with one attached hydrogen (secondary N) is 1. The van der Waals surface area contributed by atoms with Crippen molar-refractivity contribution in [3.05, 3.63) is 18.2 Å². The minimum absolute atomic E-state index is 0.627. The second kappa shape index (κ2) is 3.65. The van der Waals surface area contributed by atoms with Gasteiger partial charge in [-0.05, 0) is 31.4 Å². The lowest BCUT2D eigenvalue weighted by atomic mass is 9.93. The van der Waals surface area contributed by atoms with Crippen molar-refractivity contribution in [2.24, 2.45) is 0 Å². The molecule has 1 heterocycles. The second-order valence-corrected chi connectivity index (χ2v) is 4.10. The highest BCUT2D eigenvalue weighted by atomic mass is 16.6. The summed E-state index contributed by atoms with van der Waals surface area (Å²) in [6.45, 7) is 1.30. The van der Waals surface area contributed by atoms with Gasteiger partial charge in [-0.15, -0.1) is 0 Å². The predicted molar refractivity (Wildman–Crippen MR) is 58.7 cm³/mol. The zero-order valence-electron chi connectivity index (χ0n) is 8.66. The molecule has 3 nitrogen and oxygen atoms in total. The van der Waals surface area contributed by atoms with Gasteiger partial charge in [-0.2, -0.15) is 0 Å². The largest absolute Gasteiger partial charge is 0.486 e. The summed E-state index contributed by atoms with van der Waals surface area (Å²) in [5.74, 6) is 1.75. The highest BCUT2D eigenvalue weighted by Crippen LogP contribution is 2.38. The first-order valence-electron chi connectivity index (χ1n) is 5.58. The van der Waals surface area contributed by atoms with Gasteiger partial charge >= 0.3 is 0 Å². The highest BCUT2D eigenvalue weighted by Gasteiger charge is 2.21. The standard InChI is InChI=1S/C12H15NO2/c1-3-9(4-1)13-10-5-2-6-11-12(10)15-8-7-14-11/h2,5-6,9,13H,1,3-4,7-8H2. The summed E-state index contributed by atoms with van der Waals surface area (Å²) in [5, 5.41) is 3.50. The van der Waals surface area contributed by atoms with Crippen LogP contribution >= 0.6 is 0 Å². The predicted octanol–water partition coefficient (Wildman–Crippen LogP) is 2.42. The maximum atomic E-state index is 5.64. The van der Waals surface area contributed by atoms with Crippen molar-refractivity contribution in [3.8, 4) is 11.5 Å². The van der Waals surface area contributed by atoms with Gasteiger partial charge < -0.3 is 14.8 Å². The fourth-order valence-corrected chi connectivity index (χ4v) is 1.96. The highest BCUT2D eigenvalue weighted by molar-refractivity contribution is 5.64. The number of anilines is 1. The third kappa shape index (κ3) is 1.62. The number of hydrogen-bond acceptors (Lipinski definition) is 3. The number of para-hydroxylation sites is 1. The van der Waals surface area contributed by atoms with Crippen LogP contribution in [0.3, 0.4) is 0 Å². The van der Waals surface area contributed by atoms with E-state index in [1.54, 1.807) is 0 Å². The average molecular weight is 205 g/mol. The lowest BCUT2D eigenvalue weighted by Crippen LogP contribution is -2.27. The molecule has 0 unspecified atom stereocenters. The molecule has 1 aliphatic carbocycles. The molecule has 0 aromatic heterocycles. The van der Waals surface area contributed by atoms with E-state index in [-0.39, 0.29) is 0 Å². The van der Waals surface area contributed by atoms with Crippen LogP contribution in [-0.4, -0.2) is 19.3 Å². The van der Waals surface area contributed by atoms with E-state index in [4.69, 9.17) is 9.47 Å². The van der Waals surface area contributed by atoms with Crippen molar-refractivity contribution >= 4 is 5.69 Å². The van der Waals surface area contributed by atoms with Crippen molar-refractivity contribution in [3.63, 3.8) is 0 Å². The Kier molecular flexibility index (Phi) is 2.16. The zero-order chi connectivity index (χ0) is 10.1. The summed E-state index contributed by atoms with van der Waals surface area (Å²) in [6.07, 6.45) is 3.87. The topological polar surface area (TPSA) is 30.5 Å². The van der Waals surface area contributed by atoms with Crippen LogP contribution in [0.25, 0.3) is 0 Å². The molecule has 1 N–H and O–H groups in total. The normalized spacial score (nSPS) is 19.5. The summed E-state index contributed by atoms with van der Waals surface area (Å²) in [5.41, 5.74) is 1.08. The third-order valence-electron chi connectivity index (χ3n) is 3.03. The van der Waals surface area contributed by atoms with Crippen LogP contribution in [0.5, 0.6) is 11.5 Å². The molecule has 0 saturated heterocycles. The average Bonchev–Trinajstić information content (AvgIpc) is 2.23. The fourth-order valence-electron chi connectivity index (χ4n) is 1.96. The molecule has 1 aliphatic heterocycles. The van der Waals surface area contributed by atoms with E-state index in [0.29, 0.717) is 19.3 Å². The number of ether oxygens (including phenoxy) is 2. The monoisotopic (exact) mass is 205 g/mol. The summed E-state index contributed by atoms with van der Waals surface area (Å²) in [7, 11) is 0. The van der Waals surface area contributed by atoms with Gasteiger partial charge in [-0.1, -0.05) is 6.07 Å². The maximum Gasteiger partial charge on any atom is 0.184 e. The van der Waals surface area contributed by atoms with Crippen LogP contribution < -0.4 is 14.8 Å². The minimum atomic E-state index is 0.627. The van der Waals surface area contributed by atoms with Crippen molar-refractivity contribution in [1.29, 1.82) is 0 Å². The van der Waals surface area contributed by atoms with E-state index < -0.39 is 0 Å². The van der Waals surface area contributed by atoms with Crippen LogP contribution in [-0.2, 0) is 0 Å². The van der Waals surface area contributed by atoms with Gasteiger partial charge in [0.1, 0.15) is 13.2 Å². The van der Waals surface area contributed by atoms with Crippen molar-refractivity contribution in [1.82, 2.24) is 0 Å². The molecule has 3 heteroatoms. The molecule has 0 bridgehead atoms. The van der Waals surface area contributed by atoms with Crippen LogP contribution in [0.4, 0.5) is 5.69 Å². The van der Waals surface area contributed by atoms with E-state index in [0.717, 1.165) is 17.2 Å². The molecular formula is C12H15NO2. The van der Waals surface area contributed by atoms with Crippen LogP contribution in [0.1, 0.15) is 19.3 Å². The third-order valence-corrected chi connectivity index (χ3v) is 3.03. The SMILES string of the molecule is c1cc(NC2CCC2)c2c(c1)OCCO2. The lowest BCUT2D eigenvalue weighted by Gasteiger charge is -2.29. The van der Waals surface area contributed by atoms with Crippen molar-refractivity contribution in [2.45, 2.75) is 25.3 Å². The number of fused-ring (bicyclic) bond motifs is 1. The molecule has 0 atom stereocenters. The van der Waals surface area contributed by atoms with E-state index in [1.165, 1.54) is 19.3 Å². The molecule has 1 aromatic rings. The Morgan fingerprint density at radius 3 is 2.80 bits per heavy atom. The Hall–Kier alpha value is -1.38. The van der Waals surface area contributed by atoms with E-state index in [9.17, 15) is 0 Å². The summed E-state index contributed by atoms with van der Waals surface area (Å²) >= 11 is 0. The zero-order valence-corrected chi connectivity index (χ0v) is 8.66. The van der Waals surface area contributed by atoms with E-state index in [1.807, 2.05) is 12.1 Å². The van der Waals surface area contributed by atoms with Crippen molar-refractivity contribution < 1.29 is 9.47 Å². The van der Waals surface area contributed by atoms with Crippen LogP contribution in [0.15, 0.2) is 18.2 Å². The van der Waals surface area contributed by atoms with Gasteiger partial charge in [0.25, 0.3) is 0 Å². The second-order valence-electron chi connectivity index (χ2n) is 4.10. The smallest absolute Gasteiger partial charge is 0.184 e. The molecule has 0 spiro atoms. The van der Waals surface area contributed by atoms with Gasteiger partial charge in [0.05, 0.1) is 5.69 Å². The van der Waals surface area contributed by atoms with E-state index >= 15 is 0 Å². The first-order chi connectivity index (χ1) is 7.43. The molecule has 1 saturated carbocycles. The van der Waals surface area contributed by atoms with Gasteiger partial charge in [-0.3, -0.25) is 0 Å². The Morgan fingerprint density at radius 1 is 1.13 bits per heavy atom. The number of hydrogen-bond donors (Lipinski definition) is 1. The Labute approximate surface area is 89.4 Å². The molecule has 1 fully saturated rings. The molecule has 3 rings (SSSR count). The Balaban J connectivity index is 1.85. The van der Waals surface area contributed by atoms with Gasteiger partial charge in [0.2, 0.25) is 0 Å². The van der Waals surface area contributed by atoms with Gasteiger partial charge in [0.15, 0.2) is 11.5 Å². The van der Waals surface area contributed by atoms with Crippen molar-refractivity contribution in [2.75, 3.05) is 18.5 Å². The number of rotatable bonds is 2. The molecule has 0 radical (unpaired) electrons. The van der Waals surface area contributed by atoms with Gasteiger partial charge in [0, 0.05) is 6.04 Å². The molecule has 15 heavy (non-hydrogen) atoms. The lowest BCUT2D eigenvalue weighted by molar-refractivity contribution is 0.172. The van der Waals surface area contributed by atoms with Gasteiger partial charge in [-0.25, -0.2) is 0 Å². The maximum absolute atomic E-state index is 5.64. The summed E-state index contributed by atoms with van der Waals surface area (Å²) < 4.78 is 11.2. The first-order valence-corrected chi connectivity index (χ1v) is 5.58. The fraction of sp³-hybridized carbons (Fsp3) is 0.500. The Morgan fingerprint density at radius 2 is 2.00 bits per heavy atom. The number of benzene rings is 1. The summed E-state index contributed by atoms with van der Waals surface area (Å²) in [4.78, 5) is 0. The molecule has 0 amide bonds. The molecule has 2 aliphatic rings. The quantitative estimate of drug-likeness (QED) is 0.804. The minimum Gasteiger partial charge on any atom is -0.486 e.